The number of alkyl halides is 3. The third-order valence-electron chi connectivity index (χ3n) is 2.00. The molecule has 7 heteroatoms. The highest BCUT2D eigenvalue weighted by atomic mass is 35.5. The molecule has 2 aromatic rings. The van der Waals surface area contributed by atoms with Crippen LogP contribution < -0.4 is 0 Å². The zero-order valence-corrected chi connectivity index (χ0v) is 8.36. The van der Waals surface area contributed by atoms with Crippen LogP contribution in [0.5, 0.6) is 0 Å². The minimum Gasteiger partial charge on any atom is -0.336 e. The molecule has 84 valence electrons. The van der Waals surface area contributed by atoms with Crippen LogP contribution in [0.4, 0.5) is 13.2 Å². The molecule has 3 nitrogen and oxygen atoms in total. The first-order valence-electron chi connectivity index (χ1n) is 4.13. The minimum absolute atomic E-state index is 0.0591. The fraction of sp³-hybridized carbons (Fsp3) is 0.111. The van der Waals surface area contributed by atoms with Crippen LogP contribution in [0.1, 0.15) is 16.2 Å². The van der Waals surface area contributed by atoms with Crippen LogP contribution in [0.3, 0.4) is 0 Å². The van der Waals surface area contributed by atoms with Crippen LogP contribution in [-0.4, -0.2) is 16.3 Å². The first kappa shape index (κ1) is 10.9. The maximum Gasteiger partial charge on any atom is 0.416 e. The zero-order valence-electron chi connectivity index (χ0n) is 7.60. The summed E-state index contributed by atoms with van der Waals surface area (Å²) in [4.78, 5) is 16.6. The second-order valence-corrected chi connectivity index (χ2v) is 3.50. The van der Waals surface area contributed by atoms with E-state index in [1.54, 1.807) is 0 Å². The van der Waals surface area contributed by atoms with Gasteiger partial charge < -0.3 is 4.98 Å². The van der Waals surface area contributed by atoms with Gasteiger partial charge in [-0.25, -0.2) is 4.98 Å². The Morgan fingerprint density at radius 3 is 2.62 bits per heavy atom. The highest BCUT2D eigenvalue weighted by Crippen LogP contribution is 2.34. The van der Waals surface area contributed by atoms with Crippen molar-refractivity contribution in [3.05, 3.63) is 28.5 Å². The van der Waals surface area contributed by atoms with Crippen molar-refractivity contribution in [2.45, 2.75) is 6.18 Å². The summed E-state index contributed by atoms with van der Waals surface area (Å²) in [5.41, 5.74) is -0.648. The van der Waals surface area contributed by atoms with Gasteiger partial charge in [0.05, 0.1) is 16.1 Å². The molecule has 0 bridgehead atoms. The second-order valence-electron chi connectivity index (χ2n) is 3.09. The molecular weight excluding hydrogens is 245 g/mol. The lowest BCUT2D eigenvalue weighted by molar-refractivity contribution is -0.137. The van der Waals surface area contributed by atoms with Gasteiger partial charge >= 0.3 is 6.18 Å². The Labute approximate surface area is 92.2 Å². The number of imidazole rings is 1. The van der Waals surface area contributed by atoms with E-state index >= 15 is 0 Å². The summed E-state index contributed by atoms with van der Waals surface area (Å²) >= 11 is 5.64. The molecular formula is C9H4ClF3N2O. The number of rotatable bonds is 1. The molecule has 1 aromatic carbocycles. The molecule has 0 aliphatic rings. The Balaban J connectivity index is 2.71. The number of carbonyl (C=O) groups excluding carboxylic acids is 1. The molecule has 0 unspecified atom stereocenters. The van der Waals surface area contributed by atoms with Gasteiger partial charge in [-0.05, 0) is 12.1 Å². The third kappa shape index (κ3) is 1.76. The molecule has 0 spiro atoms. The van der Waals surface area contributed by atoms with E-state index in [1.807, 2.05) is 0 Å². The highest BCUT2D eigenvalue weighted by Gasteiger charge is 2.31. The van der Waals surface area contributed by atoms with Gasteiger partial charge in [0, 0.05) is 0 Å². The van der Waals surface area contributed by atoms with Crippen LogP contribution in [0.2, 0.25) is 5.02 Å². The Hall–Kier alpha value is -1.56. The maximum atomic E-state index is 12.4. The summed E-state index contributed by atoms with van der Waals surface area (Å²) in [5, 5.41) is -0.144. The molecule has 2 rings (SSSR count). The number of aromatic nitrogens is 2. The number of hydrogen-bond donors (Lipinski definition) is 1. The number of H-pyrrole nitrogens is 1. The van der Waals surface area contributed by atoms with Crippen molar-refractivity contribution in [1.82, 2.24) is 9.97 Å². The zero-order chi connectivity index (χ0) is 11.9. The van der Waals surface area contributed by atoms with Crippen molar-refractivity contribution in [1.29, 1.82) is 0 Å². The predicted octanol–water partition coefficient (Wildman–Crippen LogP) is 3.05. The lowest BCUT2D eigenvalue weighted by Gasteiger charge is -2.06. The number of halogens is 4. The highest BCUT2D eigenvalue weighted by molar-refractivity contribution is 6.35. The van der Waals surface area contributed by atoms with Crippen LogP contribution >= 0.6 is 11.6 Å². The van der Waals surface area contributed by atoms with E-state index < -0.39 is 11.7 Å². The average molecular weight is 249 g/mol. The normalized spacial score (nSPS) is 12.0. The van der Waals surface area contributed by atoms with Crippen molar-refractivity contribution in [2.75, 3.05) is 0 Å². The van der Waals surface area contributed by atoms with E-state index in [-0.39, 0.29) is 21.9 Å². The SMILES string of the molecule is O=Cc1nc2c(Cl)cc(C(F)(F)F)cc2[nH]1. The van der Waals surface area contributed by atoms with Gasteiger partial charge in [0.2, 0.25) is 0 Å². The van der Waals surface area contributed by atoms with Crippen molar-refractivity contribution < 1.29 is 18.0 Å². The standard InChI is InChI=1S/C9H4ClF3N2O/c10-5-1-4(9(11,12)13)2-6-8(5)15-7(3-16)14-6/h1-3H,(H,14,15). The summed E-state index contributed by atoms with van der Waals surface area (Å²) in [6.07, 6.45) is -4.08. The Bertz CT molecular complexity index is 562. The quantitative estimate of drug-likeness (QED) is 0.789. The molecule has 0 aliphatic heterocycles. The van der Waals surface area contributed by atoms with Crippen LogP contribution in [-0.2, 0) is 6.18 Å². The van der Waals surface area contributed by atoms with Crippen LogP contribution in [0.25, 0.3) is 11.0 Å². The van der Waals surface area contributed by atoms with Crippen molar-refractivity contribution in [3.63, 3.8) is 0 Å². The van der Waals surface area contributed by atoms with Crippen molar-refractivity contribution >= 4 is 28.9 Å². The maximum absolute atomic E-state index is 12.4. The van der Waals surface area contributed by atoms with Gasteiger partial charge in [0.25, 0.3) is 0 Å². The molecule has 0 saturated carbocycles. The first-order chi connectivity index (χ1) is 7.41. The lowest BCUT2D eigenvalue weighted by atomic mass is 10.2. The Morgan fingerprint density at radius 1 is 1.38 bits per heavy atom. The fourth-order valence-electron chi connectivity index (χ4n) is 1.31. The molecule has 0 atom stereocenters. The minimum atomic E-state index is -4.48. The number of hydrogen-bond acceptors (Lipinski definition) is 2. The number of carbonyl (C=O) groups is 1. The second kappa shape index (κ2) is 3.48. The van der Waals surface area contributed by atoms with E-state index in [2.05, 4.69) is 9.97 Å². The summed E-state index contributed by atoms with van der Waals surface area (Å²) in [7, 11) is 0. The summed E-state index contributed by atoms with van der Waals surface area (Å²) in [6, 6.07) is 1.64. The number of fused-ring (bicyclic) bond motifs is 1. The van der Waals surface area contributed by atoms with E-state index in [4.69, 9.17) is 11.6 Å². The molecule has 0 radical (unpaired) electrons. The predicted molar refractivity (Wildman–Crippen MR) is 51.5 cm³/mol. The van der Waals surface area contributed by atoms with E-state index in [9.17, 15) is 18.0 Å². The van der Waals surface area contributed by atoms with Gasteiger partial charge in [0.1, 0.15) is 5.52 Å². The molecule has 16 heavy (non-hydrogen) atoms. The Morgan fingerprint density at radius 2 is 2.06 bits per heavy atom. The molecule has 1 aromatic heterocycles. The average Bonchev–Trinajstić information content (AvgIpc) is 2.59. The number of nitrogens with zero attached hydrogens (tertiary/aromatic N) is 1. The molecule has 0 amide bonds. The summed E-state index contributed by atoms with van der Waals surface area (Å²) in [6.45, 7) is 0. The van der Waals surface area contributed by atoms with Gasteiger partial charge in [-0.15, -0.1) is 0 Å². The monoisotopic (exact) mass is 248 g/mol. The third-order valence-corrected chi connectivity index (χ3v) is 2.29. The topological polar surface area (TPSA) is 45.8 Å². The largest absolute Gasteiger partial charge is 0.416 e. The van der Waals surface area contributed by atoms with Gasteiger partial charge in [-0.3, -0.25) is 4.79 Å². The Kier molecular flexibility index (Phi) is 2.38. The van der Waals surface area contributed by atoms with Crippen molar-refractivity contribution in [3.8, 4) is 0 Å². The van der Waals surface area contributed by atoms with Crippen LogP contribution in [0, 0.1) is 0 Å². The molecule has 0 aliphatic carbocycles. The number of aromatic amines is 1. The lowest BCUT2D eigenvalue weighted by Crippen LogP contribution is -2.04. The summed E-state index contributed by atoms with van der Waals surface area (Å²) < 4.78 is 37.3. The molecule has 1 N–H and O–H groups in total. The summed E-state index contributed by atoms with van der Waals surface area (Å²) in [5.74, 6) is -0.0591. The van der Waals surface area contributed by atoms with Crippen molar-refractivity contribution in [2.24, 2.45) is 0 Å². The van der Waals surface area contributed by atoms with Gasteiger partial charge in [-0.2, -0.15) is 13.2 Å². The molecule has 1 heterocycles. The molecule has 0 fully saturated rings. The van der Waals surface area contributed by atoms with E-state index in [0.717, 1.165) is 12.1 Å². The van der Waals surface area contributed by atoms with Gasteiger partial charge in [-0.1, -0.05) is 11.6 Å². The van der Waals surface area contributed by atoms with Gasteiger partial charge in [0.15, 0.2) is 12.1 Å². The fourth-order valence-corrected chi connectivity index (χ4v) is 1.58. The number of aldehydes is 1. The smallest absolute Gasteiger partial charge is 0.336 e. The van der Waals surface area contributed by atoms with E-state index in [1.165, 1.54) is 0 Å². The number of benzene rings is 1. The molecule has 0 saturated heterocycles. The van der Waals surface area contributed by atoms with Crippen LogP contribution in [0.15, 0.2) is 12.1 Å². The van der Waals surface area contributed by atoms with E-state index in [0.29, 0.717) is 6.29 Å². The number of nitrogens with one attached hydrogen (secondary N) is 1. The first-order valence-corrected chi connectivity index (χ1v) is 4.51.